The summed E-state index contributed by atoms with van der Waals surface area (Å²) in [5.74, 6) is 1.72. The monoisotopic (exact) mass is 381 g/mol. The van der Waals surface area contributed by atoms with Crippen molar-refractivity contribution in [2.45, 2.75) is 6.42 Å². The fraction of sp³-hybridized carbons (Fsp3) is 0.238. The number of methoxy groups -OCH3 is 3. The van der Waals surface area contributed by atoms with Crippen molar-refractivity contribution < 1.29 is 19.0 Å². The van der Waals surface area contributed by atoms with Crippen LogP contribution in [0.25, 0.3) is 10.9 Å². The highest BCUT2D eigenvalue weighted by atomic mass is 16.5. The van der Waals surface area contributed by atoms with Crippen LogP contribution in [-0.2, 0) is 6.42 Å². The first-order valence-corrected chi connectivity index (χ1v) is 8.83. The van der Waals surface area contributed by atoms with Crippen molar-refractivity contribution in [1.29, 1.82) is 0 Å². The molecule has 1 heterocycles. The molecule has 3 rings (SSSR count). The molecule has 146 valence electrons. The molecule has 2 amide bonds. The van der Waals surface area contributed by atoms with Crippen LogP contribution in [0.5, 0.6) is 17.2 Å². The van der Waals surface area contributed by atoms with Gasteiger partial charge in [-0.05, 0) is 36.2 Å². The van der Waals surface area contributed by atoms with E-state index < -0.39 is 0 Å². The molecule has 28 heavy (non-hydrogen) atoms. The number of para-hydroxylation sites is 1. The van der Waals surface area contributed by atoms with Gasteiger partial charge >= 0.3 is 6.03 Å². The molecule has 0 aliphatic carbocycles. The van der Waals surface area contributed by atoms with E-state index in [4.69, 9.17) is 14.2 Å². The smallest absolute Gasteiger partial charge is 0.319 e. The van der Waals surface area contributed by atoms with Gasteiger partial charge in [-0.25, -0.2) is 4.79 Å². The third-order valence-electron chi connectivity index (χ3n) is 4.30. The van der Waals surface area contributed by atoms with Crippen LogP contribution in [0.15, 0.2) is 48.7 Å². The number of carbonyl (C=O) groups is 1. The summed E-state index contributed by atoms with van der Waals surface area (Å²) in [4.78, 5) is 16.6. The highest BCUT2D eigenvalue weighted by Crippen LogP contribution is 2.38. The lowest BCUT2D eigenvalue weighted by molar-refractivity contribution is 0.252. The van der Waals surface area contributed by atoms with E-state index in [-0.39, 0.29) is 6.03 Å². The molecule has 0 aliphatic rings. The van der Waals surface area contributed by atoms with Crippen LogP contribution in [0.4, 0.5) is 10.5 Å². The average Bonchev–Trinajstić information content (AvgIpc) is 2.73. The van der Waals surface area contributed by atoms with Crippen LogP contribution in [0.2, 0.25) is 0 Å². The Morgan fingerprint density at radius 1 is 1.00 bits per heavy atom. The van der Waals surface area contributed by atoms with E-state index in [0.29, 0.717) is 35.9 Å². The van der Waals surface area contributed by atoms with E-state index >= 15 is 0 Å². The number of rotatable bonds is 7. The van der Waals surface area contributed by atoms with Crippen LogP contribution in [0.3, 0.4) is 0 Å². The zero-order chi connectivity index (χ0) is 19.9. The van der Waals surface area contributed by atoms with Crippen molar-refractivity contribution in [2.24, 2.45) is 0 Å². The lowest BCUT2D eigenvalue weighted by Gasteiger charge is -2.14. The van der Waals surface area contributed by atoms with Gasteiger partial charge in [0.1, 0.15) is 0 Å². The van der Waals surface area contributed by atoms with Gasteiger partial charge in [0.2, 0.25) is 5.75 Å². The van der Waals surface area contributed by atoms with Crippen LogP contribution < -0.4 is 24.8 Å². The number of amides is 2. The summed E-state index contributed by atoms with van der Waals surface area (Å²) in [5.41, 5.74) is 2.38. The number of nitrogens with zero attached hydrogens (tertiary/aromatic N) is 1. The molecule has 0 fully saturated rings. The highest BCUT2D eigenvalue weighted by Gasteiger charge is 2.13. The first kappa shape index (κ1) is 19.3. The fourth-order valence-electron chi connectivity index (χ4n) is 2.97. The largest absolute Gasteiger partial charge is 0.493 e. The van der Waals surface area contributed by atoms with Gasteiger partial charge in [-0.15, -0.1) is 0 Å². The van der Waals surface area contributed by atoms with Crippen molar-refractivity contribution in [3.63, 3.8) is 0 Å². The molecule has 0 saturated carbocycles. The van der Waals surface area contributed by atoms with E-state index in [2.05, 4.69) is 15.6 Å². The summed E-state index contributed by atoms with van der Waals surface area (Å²) in [6, 6.07) is 12.9. The first-order chi connectivity index (χ1) is 13.7. The van der Waals surface area contributed by atoms with Crippen LogP contribution >= 0.6 is 0 Å². The van der Waals surface area contributed by atoms with Crippen molar-refractivity contribution in [3.8, 4) is 17.2 Å². The summed E-state index contributed by atoms with van der Waals surface area (Å²) in [5, 5.41) is 6.68. The molecule has 1 aromatic heterocycles. The minimum Gasteiger partial charge on any atom is -0.493 e. The molecule has 0 bridgehead atoms. The Morgan fingerprint density at radius 2 is 1.71 bits per heavy atom. The van der Waals surface area contributed by atoms with Crippen LogP contribution in [-0.4, -0.2) is 38.9 Å². The molecule has 2 N–H and O–H groups in total. The second kappa shape index (κ2) is 8.94. The van der Waals surface area contributed by atoms with E-state index in [9.17, 15) is 4.79 Å². The molecule has 3 aromatic rings. The van der Waals surface area contributed by atoms with E-state index in [1.54, 1.807) is 27.5 Å². The van der Waals surface area contributed by atoms with Gasteiger partial charge in [0.15, 0.2) is 11.5 Å². The molecular formula is C21H23N3O4. The molecular weight excluding hydrogens is 358 g/mol. The van der Waals surface area contributed by atoms with Gasteiger partial charge in [-0.1, -0.05) is 18.2 Å². The van der Waals surface area contributed by atoms with Crippen molar-refractivity contribution in [3.05, 3.63) is 54.2 Å². The zero-order valence-corrected chi connectivity index (χ0v) is 16.1. The molecule has 0 atom stereocenters. The molecule has 0 saturated heterocycles. The van der Waals surface area contributed by atoms with Crippen molar-refractivity contribution in [1.82, 2.24) is 10.3 Å². The van der Waals surface area contributed by atoms with Crippen LogP contribution in [0, 0.1) is 0 Å². The molecule has 0 aliphatic heterocycles. The zero-order valence-electron chi connectivity index (χ0n) is 16.1. The number of urea groups is 1. The molecule has 2 aromatic carbocycles. The standard InChI is InChI=1S/C21H23N3O4/c1-26-17-12-14(13-18(27-2)20(17)28-3)9-11-23-21(25)24-16-8-4-6-15-7-5-10-22-19(15)16/h4-8,10,12-13H,9,11H2,1-3H3,(H2,23,24,25). The minimum absolute atomic E-state index is 0.286. The molecule has 7 heteroatoms. The lowest BCUT2D eigenvalue weighted by Crippen LogP contribution is -2.30. The Labute approximate surface area is 163 Å². The fourth-order valence-corrected chi connectivity index (χ4v) is 2.97. The lowest BCUT2D eigenvalue weighted by atomic mass is 10.1. The minimum atomic E-state index is -0.286. The topological polar surface area (TPSA) is 81.7 Å². The van der Waals surface area contributed by atoms with E-state index in [1.807, 2.05) is 42.5 Å². The maximum atomic E-state index is 12.3. The summed E-state index contributed by atoms with van der Waals surface area (Å²) < 4.78 is 16.0. The normalized spacial score (nSPS) is 10.4. The van der Waals surface area contributed by atoms with Crippen molar-refractivity contribution in [2.75, 3.05) is 33.2 Å². The van der Waals surface area contributed by atoms with E-state index in [1.165, 1.54) is 0 Å². The Balaban J connectivity index is 1.62. The highest BCUT2D eigenvalue weighted by molar-refractivity contribution is 5.99. The predicted octanol–water partition coefficient (Wildman–Crippen LogP) is 3.62. The number of benzene rings is 2. The predicted molar refractivity (Wildman–Crippen MR) is 109 cm³/mol. The van der Waals surface area contributed by atoms with Crippen LogP contribution in [0.1, 0.15) is 5.56 Å². The van der Waals surface area contributed by atoms with Gasteiger partial charge in [0.05, 0.1) is 32.5 Å². The molecule has 0 radical (unpaired) electrons. The Bertz CT molecular complexity index is 945. The number of carbonyl (C=O) groups excluding carboxylic acids is 1. The summed E-state index contributed by atoms with van der Waals surface area (Å²) in [6.07, 6.45) is 2.31. The second-order valence-corrected chi connectivity index (χ2v) is 6.05. The quantitative estimate of drug-likeness (QED) is 0.653. The third kappa shape index (κ3) is 4.25. The Kier molecular flexibility index (Phi) is 6.16. The number of nitrogens with one attached hydrogen (secondary N) is 2. The van der Waals surface area contributed by atoms with Gasteiger partial charge in [-0.3, -0.25) is 4.98 Å². The average molecular weight is 381 g/mol. The summed E-state index contributed by atoms with van der Waals surface area (Å²) >= 11 is 0. The van der Waals surface area contributed by atoms with Gasteiger partial charge in [-0.2, -0.15) is 0 Å². The maximum Gasteiger partial charge on any atom is 0.319 e. The Morgan fingerprint density at radius 3 is 2.39 bits per heavy atom. The summed E-state index contributed by atoms with van der Waals surface area (Å²) in [6.45, 7) is 0.447. The number of fused-ring (bicyclic) bond motifs is 1. The van der Waals surface area contributed by atoms with Crippen molar-refractivity contribution >= 4 is 22.6 Å². The molecule has 0 unspecified atom stereocenters. The second-order valence-electron chi connectivity index (χ2n) is 6.05. The maximum absolute atomic E-state index is 12.3. The first-order valence-electron chi connectivity index (χ1n) is 8.83. The number of pyridine rings is 1. The van der Waals surface area contributed by atoms with Gasteiger partial charge in [0.25, 0.3) is 0 Å². The van der Waals surface area contributed by atoms with E-state index in [0.717, 1.165) is 16.5 Å². The Hall–Kier alpha value is -3.48. The summed E-state index contributed by atoms with van der Waals surface area (Å²) in [7, 11) is 4.71. The number of hydrogen-bond acceptors (Lipinski definition) is 5. The number of hydrogen-bond donors (Lipinski definition) is 2. The number of ether oxygens (including phenoxy) is 3. The molecule has 0 spiro atoms. The molecule has 7 nitrogen and oxygen atoms in total. The number of aromatic nitrogens is 1. The number of anilines is 1. The van der Waals surface area contributed by atoms with Gasteiger partial charge < -0.3 is 24.8 Å². The SMILES string of the molecule is COc1cc(CCNC(=O)Nc2cccc3cccnc23)cc(OC)c1OC. The third-order valence-corrected chi connectivity index (χ3v) is 4.30. The van der Waals surface area contributed by atoms with Gasteiger partial charge in [0, 0.05) is 18.1 Å².